The van der Waals surface area contributed by atoms with Crippen LogP contribution in [0.3, 0.4) is 0 Å². The predicted octanol–water partition coefficient (Wildman–Crippen LogP) is 1.61. The lowest BCUT2D eigenvalue weighted by atomic mass is 10.2. The van der Waals surface area contributed by atoms with Crippen LogP contribution < -0.4 is 0 Å². The van der Waals surface area contributed by atoms with Crippen molar-refractivity contribution in [3.05, 3.63) is 17.7 Å². The van der Waals surface area contributed by atoms with E-state index in [0.717, 1.165) is 38.5 Å². The van der Waals surface area contributed by atoms with Gasteiger partial charge in [-0.25, -0.2) is 4.98 Å². The smallest absolute Gasteiger partial charge is 0.0951 e. The molecule has 0 amide bonds. The molecule has 1 fully saturated rings. The SMILES string of the molecule is Cc1ncn(CCCCN2CCOCC2)c1C. The van der Waals surface area contributed by atoms with E-state index in [1.54, 1.807) is 0 Å². The highest BCUT2D eigenvalue weighted by Crippen LogP contribution is 2.07. The van der Waals surface area contributed by atoms with Gasteiger partial charge >= 0.3 is 0 Å². The number of nitrogens with zero attached hydrogens (tertiary/aromatic N) is 3. The molecule has 1 aromatic rings. The maximum Gasteiger partial charge on any atom is 0.0951 e. The summed E-state index contributed by atoms with van der Waals surface area (Å²) in [5.74, 6) is 0. The third-order valence-electron chi connectivity index (χ3n) is 3.57. The zero-order valence-electron chi connectivity index (χ0n) is 11.0. The molecule has 4 heteroatoms. The monoisotopic (exact) mass is 237 g/mol. The summed E-state index contributed by atoms with van der Waals surface area (Å²) in [6.45, 7) is 10.5. The molecule has 1 aliphatic rings. The van der Waals surface area contributed by atoms with Crippen LogP contribution in [0.2, 0.25) is 0 Å². The minimum atomic E-state index is 0.903. The van der Waals surface area contributed by atoms with Gasteiger partial charge in [0.05, 0.1) is 25.2 Å². The van der Waals surface area contributed by atoms with E-state index in [9.17, 15) is 0 Å². The van der Waals surface area contributed by atoms with E-state index in [1.807, 2.05) is 6.33 Å². The second kappa shape index (κ2) is 6.17. The summed E-state index contributed by atoms with van der Waals surface area (Å²) in [6, 6.07) is 0. The van der Waals surface area contributed by atoms with Crippen LogP contribution in [0.5, 0.6) is 0 Å². The number of rotatable bonds is 5. The Hall–Kier alpha value is -0.870. The molecule has 0 radical (unpaired) electrons. The zero-order valence-corrected chi connectivity index (χ0v) is 11.0. The van der Waals surface area contributed by atoms with E-state index in [4.69, 9.17) is 4.74 Å². The summed E-state index contributed by atoms with van der Waals surface area (Å²) in [4.78, 5) is 6.82. The zero-order chi connectivity index (χ0) is 12.1. The molecule has 0 saturated carbocycles. The molecule has 0 aromatic carbocycles. The minimum absolute atomic E-state index is 0.903. The van der Waals surface area contributed by atoms with E-state index >= 15 is 0 Å². The average Bonchev–Trinajstić information content (AvgIpc) is 2.67. The highest BCUT2D eigenvalue weighted by atomic mass is 16.5. The summed E-state index contributed by atoms with van der Waals surface area (Å²) in [5.41, 5.74) is 2.45. The molecule has 0 aliphatic carbocycles. The molecule has 1 aromatic heterocycles. The summed E-state index contributed by atoms with van der Waals surface area (Å²) in [5, 5.41) is 0. The lowest BCUT2D eigenvalue weighted by Crippen LogP contribution is -2.36. The third-order valence-corrected chi connectivity index (χ3v) is 3.57. The van der Waals surface area contributed by atoms with Crippen LogP contribution in [0.1, 0.15) is 24.2 Å². The number of morpholine rings is 1. The summed E-state index contributed by atoms with van der Waals surface area (Å²) in [7, 11) is 0. The molecule has 96 valence electrons. The van der Waals surface area contributed by atoms with Gasteiger partial charge in [-0.15, -0.1) is 0 Å². The first kappa shape index (κ1) is 12.6. The van der Waals surface area contributed by atoms with Gasteiger partial charge in [0.1, 0.15) is 0 Å². The quantitative estimate of drug-likeness (QED) is 0.729. The number of hydrogen-bond donors (Lipinski definition) is 0. The Morgan fingerprint density at radius 2 is 1.88 bits per heavy atom. The van der Waals surface area contributed by atoms with Gasteiger partial charge in [0.15, 0.2) is 0 Å². The van der Waals surface area contributed by atoms with Crippen molar-refractivity contribution in [2.75, 3.05) is 32.8 Å². The number of hydrogen-bond acceptors (Lipinski definition) is 3. The van der Waals surface area contributed by atoms with Crippen LogP contribution in [0.25, 0.3) is 0 Å². The number of ether oxygens (including phenoxy) is 1. The van der Waals surface area contributed by atoms with Gasteiger partial charge in [-0.2, -0.15) is 0 Å². The molecule has 0 unspecified atom stereocenters. The molecule has 0 spiro atoms. The van der Waals surface area contributed by atoms with Gasteiger partial charge in [-0.3, -0.25) is 4.90 Å². The van der Waals surface area contributed by atoms with Gasteiger partial charge in [-0.05, 0) is 33.2 Å². The molecule has 1 aliphatic heterocycles. The highest BCUT2D eigenvalue weighted by molar-refractivity contribution is 5.08. The second-order valence-corrected chi connectivity index (χ2v) is 4.77. The van der Waals surface area contributed by atoms with Crippen molar-refractivity contribution >= 4 is 0 Å². The number of aryl methyl sites for hydroxylation is 2. The molecule has 0 bridgehead atoms. The van der Waals surface area contributed by atoms with Crippen molar-refractivity contribution in [2.45, 2.75) is 33.2 Å². The van der Waals surface area contributed by atoms with Crippen molar-refractivity contribution < 1.29 is 4.74 Å². The standard InChI is InChI=1S/C13H23N3O/c1-12-13(2)16(11-14-12)6-4-3-5-15-7-9-17-10-8-15/h11H,3-10H2,1-2H3. The lowest BCUT2D eigenvalue weighted by molar-refractivity contribution is 0.0370. The van der Waals surface area contributed by atoms with Gasteiger partial charge < -0.3 is 9.30 Å². The first-order chi connectivity index (χ1) is 8.27. The van der Waals surface area contributed by atoms with E-state index in [1.165, 1.54) is 25.1 Å². The normalized spacial score (nSPS) is 17.5. The second-order valence-electron chi connectivity index (χ2n) is 4.77. The van der Waals surface area contributed by atoms with Gasteiger partial charge in [-0.1, -0.05) is 0 Å². The lowest BCUT2D eigenvalue weighted by Gasteiger charge is -2.26. The van der Waals surface area contributed by atoms with Crippen molar-refractivity contribution in [1.82, 2.24) is 14.5 Å². The fourth-order valence-electron chi connectivity index (χ4n) is 2.21. The Morgan fingerprint density at radius 3 is 2.53 bits per heavy atom. The number of aromatic nitrogens is 2. The number of imidazole rings is 1. The molecule has 1 saturated heterocycles. The van der Waals surface area contributed by atoms with E-state index < -0.39 is 0 Å². The first-order valence-corrected chi connectivity index (χ1v) is 6.56. The van der Waals surface area contributed by atoms with E-state index in [0.29, 0.717) is 0 Å². The summed E-state index contributed by atoms with van der Waals surface area (Å²) < 4.78 is 7.60. The molecule has 2 rings (SSSR count). The van der Waals surface area contributed by atoms with Crippen molar-refractivity contribution in [3.63, 3.8) is 0 Å². The van der Waals surface area contributed by atoms with Gasteiger partial charge in [0, 0.05) is 25.3 Å². The van der Waals surface area contributed by atoms with Gasteiger partial charge in [0.2, 0.25) is 0 Å². The Bertz CT molecular complexity index is 342. The number of unbranched alkanes of at least 4 members (excludes halogenated alkanes) is 1. The summed E-state index contributed by atoms with van der Waals surface area (Å²) >= 11 is 0. The molecular formula is C13H23N3O. The van der Waals surface area contributed by atoms with Crippen LogP contribution in [0.15, 0.2) is 6.33 Å². The maximum absolute atomic E-state index is 5.34. The fraction of sp³-hybridized carbons (Fsp3) is 0.769. The summed E-state index contributed by atoms with van der Waals surface area (Å²) in [6.07, 6.45) is 4.45. The predicted molar refractivity (Wildman–Crippen MR) is 68.2 cm³/mol. The molecule has 4 nitrogen and oxygen atoms in total. The van der Waals surface area contributed by atoms with Crippen molar-refractivity contribution in [2.24, 2.45) is 0 Å². The van der Waals surface area contributed by atoms with Crippen LogP contribution in [0.4, 0.5) is 0 Å². The minimum Gasteiger partial charge on any atom is -0.379 e. The molecule has 0 N–H and O–H groups in total. The van der Waals surface area contributed by atoms with E-state index in [2.05, 4.69) is 28.3 Å². The Kier molecular flexibility index (Phi) is 4.57. The Labute approximate surface area is 104 Å². The maximum atomic E-state index is 5.34. The fourth-order valence-corrected chi connectivity index (χ4v) is 2.21. The first-order valence-electron chi connectivity index (χ1n) is 6.56. The molecular weight excluding hydrogens is 214 g/mol. The highest BCUT2D eigenvalue weighted by Gasteiger charge is 2.09. The average molecular weight is 237 g/mol. The van der Waals surface area contributed by atoms with Gasteiger partial charge in [0.25, 0.3) is 0 Å². The van der Waals surface area contributed by atoms with E-state index in [-0.39, 0.29) is 0 Å². The van der Waals surface area contributed by atoms with Crippen LogP contribution in [0, 0.1) is 13.8 Å². The van der Waals surface area contributed by atoms with Crippen LogP contribution in [-0.2, 0) is 11.3 Å². The van der Waals surface area contributed by atoms with Crippen LogP contribution in [-0.4, -0.2) is 47.3 Å². The third kappa shape index (κ3) is 3.54. The molecule has 17 heavy (non-hydrogen) atoms. The Balaban J connectivity index is 1.64. The van der Waals surface area contributed by atoms with Crippen molar-refractivity contribution in [1.29, 1.82) is 0 Å². The van der Waals surface area contributed by atoms with Crippen LogP contribution >= 0.6 is 0 Å². The molecule has 2 heterocycles. The Morgan fingerprint density at radius 1 is 1.18 bits per heavy atom. The molecule has 0 atom stereocenters. The topological polar surface area (TPSA) is 30.3 Å². The largest absolute Gasteiger partial charge is 0.379 e. The van der Waals surface area contributed by atoms with Crippen molar-refractivity contribution in [3.8, 4) is 0 Å².